The second kappa shape index (κ2) is 4.56. The van der Waals surface area contributed by atoms with Gasteiger partial charge in [0.15, 0.2) is 0 Å². The summed E-state index contributed by atoms with van der Waals surface area (Å²) in [4.78, 5) is 7.06. The Bertz CT molecular complexity index is 714. The molecule has 0 aliphatic carbocycles. The molecule has 0 fully saturated rings. The number of nitrogens with one attached hydrogen (secondary N) is 1. The maximum Gasteiger partial charge on any atom is 0.137 e. The molecule has 20 heavy (non-hydrogen) atoms. The second-order valence-corrected chi connectivity index (χ2v) is 5.06. The van der Waals surface area contributed by atoms with Crippen LogP contribution in [0.1, 0.15) is 5.69 Å². The number of fused-ring (bicyclic) bond motifs is 2. The van der Waals surface area contributed by atoms with Crippen LogP contribution in [0.3, 0.4) is 0 Å². The molecule has 0 amide bonds. The number of hydrogen-bond acceptors (Lipinski definition) is 3. The summed E-state index contributed by atoms with van der Waals surface area (Å²) in [6.07, 6.45) is 4.15. The highest BCUT2D eigenvalue weighted by Crippen LogP contribution is 2.29. The Kier molecular flexibility index (Phi) is 2.59. The van der Waals surface area contributed by atoms with E-state index in [0.717, 1.165) is 31.0 Å². The van der Waals surface area contributed by atoms with Crippen molar-refractivity contribution in [2.45, 2.75) is 6.54 Å². The van der Waals surface area contributed by atoms with Crippen molar-refractivity contribution in [2.75, 3.05) is 23.3 Å². The number of pyridine rings is 1. The molecule has 1 aromatic carbocycles. The molecule has 1 aliphatic heterocycles. The lowest BCUT2D eigenvalue weighted by Crippen LogP contribution is -2.33. The van der Waals surface area contributed by atoms with Crippen LogP contribution in [0.25, 0.3) is 5.65 Å². The van der Waals surface area contributed by atoms with Gasteiger partial charge in [-0.2, -0.15) is 0 Å². The predicted octanol–water partition coefficient (Wildman–Crippen LogP) is 2.77. The summed E-state index contributed by atoms with van der Waals surface area (Å²) < 4.78 is 2.07. The first-order chi connectivity index (χ1) is 9.90. The number of rotatable bonds is 2. The molecule has 0 unspecified atom stereocenters. The van der Waals surface area contributed by atoms with Crippen LogP contribution in [-0.2, 0) is 6.54 Å². The summed E-state index contributed by atoms with van der Waals surface area (Å²) >= 11 is 0. The van der Waals surface area contributed by atoms with Crippen molar-refractivity contribution in [3.63, 3.8) is 0 Å². The van der Waals surface area contributed by atoms with E-state index in [2.05, 4.69) is 50.1 Å². The van der Waals surface area contributed by atoms with E-state index in [9.17, 15) is 0 Å². The topological polar surface area (TPSA) is 32.6 Å². The molecule has 0 saturated heterocycles. The highest BCUT2D eigenvalue weighted by Gasteiger charge is 2.16. The normalized spacial score (nSPS) is 14.1. The quantitative estimate of drug-likeness (QED) is 0.772. The van der Waals surface area contributed by atoms with E-state index in [-0.39, 0.29) is 0 Å². The van der Waals surface area contributed by atoms with Gasteiger partial charge >= 0.3 is 0 Å². The summed E-state index contributed by atoms with van der Waals surface area (Å²) in [5.74, 6) is 0. The average Bonchev–Trinajstić information content (AvgIpc) is 2.90. The first-order valence-corrected chi connectivity index (χ1v) is 6.91. The van der Waals surface area contributed by atoms with E-state index in [0.29, 0.717) is 0 Å². The minimum absolute atomic E-state index is 0.848. The van der Waals surface area contributed by atoms with E-state index < -0.39 is 0 Å². The maximum atomic E-state index is 4.68. The zero-order valence-corrected chi connectivity index (χ0v) is 11.2. The van der Waals surface area contributed by atoms with Gasteiger partial charge in [-0.1, -0.05) is 18.2 Å². The Morgan fingerprint density at radius 1 is 1.10 bits per heavy atom. The maximum absolute atomic E-state index is 4.68. The minimum Gasteiger partial charge on any atom is -0.382 e. The second-order valence-electron chi connectivity index (χ2n) is 5.06. The first kappa shape index (κ1) is 11.3. The van der Waals surface area contributed by atoms with Crippen molar-refractivity contribution in [1.82, 2.24) is 9.38 Å². The zero-order chi connectivity index (χ0) is 13.4. The van der Waals surface area contributed by atoms with Crippen molar-refractivity contribution in [3.05, 3.63) is 60.6 Å². The van der Waals surface area contributed by atoms with Crippen molar-refractivity contribution in [3.8, 4) is 0 Å². The number of aromatic nitrogens is 2. The summed E-state index contributed by atoms with van der Waals surface area (Å²) in [7, 11) is 0. The number of hydrogen-bond donors (Lipinski definition) is 1. The predicted molar refractivity (Wildman–Crippen MR) is 81.2 cm³/mol. The number of imidazole rings is 1. The van der Waals surface area contributed by atoms with Crippen LogP contribution in [0.15, 0.2) is 54.9 Å². The van der Waals surface area contributed by atoms with Gasteiger partial charge in [-0.15, -0.1) is 0 Å². The first-order valence-electron chi connectivity index (χ1n) is 6.91. The van der Waals surface area contributed by atoms with E-state index >= 15 is 0 Å². The molecule has 0 radical (unpaired) electrons. The highest BCUT2D eigenvalue weighted by molar-refractivity contribution is 5.71. The van der Waals surface area contributed by atoms with Gasteiger partial charge in [0, 0.05) is 25.5 Å². The molecule has 2 aromatic heterocycles. The third-order valence-corrected chi connectivity index (χ3v) is 3.71. The van der Waals surface area contributed by atoms with Gasteiger partial charge in [0.25, 0.3) is 0 Å². The van der Waals surface area contributed by atoms with Crippen LogP contribution in [0.5, 0.6) is 0 Å². The average molecular weight is 264 g/mol. The Morgan fingerprint density at radius 3 is 2.95 bits per heavy atom. The molecule has 0 bridgehead atoms. The molecule has 4 heteroatoms. The molecule has 4 nitrogen and oxygen atoms in total. The van der Waals surface area contributed by atoms with Gasteiger partial charge in [0.05, 0.1) is 23.6 Å². The molecular formula is C16H16N4. The van der Waals surface area contributed by atoms with Crippen LogP contribution < -0.4 is 10.2 Å². The van der Waals surface area contributed by atoms with Gasteiger partial charge in [-0.3, -0.25) is 0 Å². The van der Waals surface area contributed by atoms with Crippen LogP contribution in [-0.4, -0.2) is 22.5 Å². The molecule has 0 atom stereocenters. The van der Waals surface area contributed by atoms with Crippen LogP contribution >= 0.6 is 0 Å². The zero-order valence-electron chi connectivity index (χ0n) is 11.2. The van der Waals surface area contributed by atoms with Crippen LogP contribution in [0.2, 0.25) is 0 Å². The molecule has 3 aromatic rings. The number of benzene rings is 1. The third kappa shape index (κ3) is 1.90. The molecule has 4 rings (SSSR count). The molecule has 100 valence electrons. The Labute approximate surface area is 117 Å². The lowest BCUT2D eigenvalue weighted by molar-refractivity contribution is 0.775. The summed E-state index contributed by atoms with van der Waals surface area (Å²) in [6, 6.07) is 14.5. The van der Waals surface area contributed by atoms with Gasteiger partial charge in [0.1, 0.15) is 5.65 Å². The fraction of sp³-hybridized carbons (Fsp3) is 0.188. The van der Waals surface area contributed by atoms with E-state index in [4.69, 9.17) is 0 Å². The van der Waals surface area contributed by atoms with Crippen molar-refractivity contribution < 1.29 is 0 Å². The number of para-hydroxylation sites is 2. The fourth-order valence-corrected chi connectivity index (χ4v) is 2.77. The van der Waals surface area contributed by atoms with Crippen molar-refractivity contribution in [1.29, 1.82) is 0 Å². The van der Waals surface area contributed by atoms with E-state index in [1.54, 1.807) is 0 Å². The van der Waals surface area contributed by atoms with Crippen LogP contribution in [0, 0.1) is 0 Å². The number of nitrogens with zero attached hydrogens (tertiary/aromatic N) is 3. The standard InChI is InChI=1S/C16H16N4/c1-2-6-15-14(5-1)17-8-10-19(15)11-13-12-20-9-4-3-7-16(20)18-13/h1-7,9,12,17H,8,10-11H2. The SMILES string of the molecule is c1ccc2c(c1)NCCN2Cc1cn2ccccc2n1. The van der Waals surface area contributed by atoms with Crippen molar-refractivity contribution in [2.24, 2.45) is 0 Å². The highest BCUT2D eigenvalue weighted by atomic mass is 15.2. The largest absolute Gasteiger partial charge is 0.382 e. The van der Waals surface area contributed by atoms with Gasteiger partial charge in [-0.05, 0) is 24.3 Å². The van der Waals surface area contributed by atoms with Gasteiger partial charge in [0.2, 0.25) is 0 Å². The van der Waals surface area contributed by atoms with Gasteiger partial charge < -0.3 is 14.6 Å². The Balaban J connectivity index is 1.66. The van der Waals surface area contributed by atoms with Gasteiger partial charge in [-0.25, -0.2) is 4.98 Å². The summed E-state index contributed by atoms with van der Waals surface area (Å²) in [6.45, 7) is 2.83. The van der Waals surface area contributed by atoms with E-state index in [1.165, 1.54) is 11.4 Å². The lowest BCUT2D eigenvalue weighted by atomic mass is 10.2. The van der Waals surface area contributed by atoms with E-state index in [1.807, 2.05) is 24.4 Å². The van der Waals surface area contributed by atoms with Crippen LogP contribution in [0.4, 0.5) is 11.4 Å². The minimum atomic E-state index is 0.848. The Hall–Kier alpha value is -2.49. The molecule has 3 heterocycles. The number of anilines is 2. The molecule has 0 spiro atoms. The summed E-state index contributed by atoms with van der Waals surface area (Å²) in [5.41, 5.74) is 4.58. The smallest absolute Gasteiger partial charge is 0.137 e. The molecular weight excluding hydrogens is 248 g/mol. The molecule has 0 saturated carbocycles. The fourth-order valence-electron chi connectivity index (χ4n) is 2.77. The lowest BCUT2D eigenvalue weighted by Gasteiger charge is -2.31. The molecule has 1 N–H and O–H groups in total. The monoisotopic (exact) mass is 264 g/mol. The Morgan fingerprint density at radius 2 is 2.00 bits per heavy atom. The third-order valence-electron chi connectivity index (χ3n) is 3.71. The molecule has 1 aliphatic rings. The van der Waals surface area contributed by atoms with Crippen molar-refractivity contribution >= 4 is 17.0 Å². The summed E-state index contributed by atoms with van der Waals surface area (Å²) in [5, 5.41) is 3.44.